The number of carbonyl (C=O) groups excluding carboxylic acids is 1. The van der Waals surface area contributed by atoms with E-state index < -0.39 is 10.8 Å². The Kier molecular flexibility index (Phi) is 6.54. The summed E-state index contributed by atoms with van der Waals surface area (Å²) in [6.07, 6.45) is 1.20. The van der Waals surface area contributed by atoms with Crippen molar-refractivity contribution in [3.63, 3.8) is 0 Å². The molecule has 0 aromatic heterocycles. The van der Waals surface area contributed by atoms with Gasteiger partial charge in [0, 0.05) is 12.3 Å². The number of hydrogen-bond donors (Lipinski definition) is 2. The molecule has 0 heterocycles. The molecule has 2 aromatic rings. The molecule has 0 saturated carbocycles. The van der Waals surface area contributed by atoms with Crippen molar-refractivity contribution >= 4 is 23.0 Å². The summed E-state index contributed by atoms with van der Waals surface area (Å²) in [5.74, 6) is 0.0181. The molecule has 2 aromatic carbocycles. The number of nitrogens with zero attached hydrogens (tertiary/aromatic N) is 2. The van der Waals surface area contributed by atoms with E-state index in [1.54, 1.807) is 12.1 Å². The summed E-state index contributed by atoms with van der Waals surface area (Å²) in [4.78, 5) is 22.7. The summed E-state index contributed by atoms with van der Waals surface area (Å²) in [5.41, 5.74) is 1.36. The minimum Gasteiger partial charge on any atom is -0.495 e. The molecule has 0 aliphatic heterocycles. The van der Waals surface area contributed by atoms with E-state index in [1.807, 2.05) is 19.1 Å². The van der Waals surface area contributed by atoms with Crippen LogP contribution in [-0.4, -0.2) is 25.1 Å². The molecule has 0 atom stereocenters. The number of nitro benzene ring substituents is 1. The maximum absolute atomic E-state index is 12.4. The highest BCUT2D eigenvalue weighted by molar-refractivity contribution is 6.07. The van der Waals surface area contributed by atoms with Gasteiger partial charge >= 0.3 is 0 Å². The lowest BCUT2D eigenvalue weighted by Gasteiger charge is -2.11. The number of hydrogen-bond acceptors (Lipinski definition) is 7. The van der Waals surface area contributed by atoms with Crippen molar-refractivity contribution in [2.45, 2.75) is 6.92 Å². The molecule has 2 rings (SSSR count). The van der Waals surface area contributed by atoms with Crippen LogP contribution in [0.5, 0.6) is 11.5 Å². The molecule has 0 aliphatic rings. The van der Waals surface area contributed by atoms with E-state index in [9.17, 15) is 20.2 Å². The monoisotopic (exact) mass is 382 g/mol. The molecule has 0 fully saturated rings. The fourth-order valence-electron chi connectivity index (χ4n) is 2.32. The number of nitro groups is 1. The minimum atomic E-state index is -0.639. The molecule has 2 N–H and O–H groups in total. The fourth-order valence-corrected chi connectivity index (χ4v) is 2.32. The Morgan fingerprint density at radius 1 is 1.14 bits per heavy atom. The second kappa shape index (κ2) is 9.05. The van der Waals surface area contributed by atoms with E-state index in [0.29, 0.717) is 17.1 Å². The summed E-state index contributed by atoms with van der Waals surface area (Å²) in [6.45, 7) is 1.86. The second-order valence-corrected chi connectivity index (χ2v) is 5.61. The molecule has 144 valence electrons. The van der Waals surface area contributed by atoms with Crippen molar-refractivity contribution in [1.82, 2.24) is 0 Å². The average molecular weight is 382 g/mol. The smallest absolute Gasteiger partial charge is 0.273 e. The van der Waals surface area contributed by atoms with Crippen LogP contribution in [0.3, 0.4) is 0 Å². The Bertz CT molecular complexity index is 979. The van der Waals surface area contributed by atoms with Crippen LogP contribution >= 0.6 is 0 Å². The van der Waals surface area contributed by atoms with Crippen LogP contribution < -0.4 is 20.1 Å². The third-order valence-corrected chi connectivity index (χ3v) is 3.74. The zero-order chi connectivity index (χ0) is 20.7. The number of nitrogens with one attached hydrogen (secondary N) is 2. The predicted molar refractivity (Wildman–Crippen MR) is 103 cm³/mol. The van der Waals surface area contributed by atoms with Gasteiger partial charge < -0.3 is 20.1 Å². The van der Waals surface area contributed by atoms with E-state index in [4.69, 9.17) is 9.47 Å². The van der Waals surface area contributed by atoms with Crippen LogP contribution in [0.15, 0.2) is 48.2 Å². The molecular formula is C19H18N4O5. The van der Waals surface area contributed by atoms with E-state index in [2.05, 4.69) is 10.6 Å². The first-order chi connectivity index (χ1) is 13.4. The van der Waals surface area contributed by atoms with Gasteiger partial charge in [0.2, 0.25) is 0 Å². The summed E-state index contributed by atoms with van der Waals surface area (Å²) >= 11 is 0. The van der Waals surface area contributed by atoms with Crippen molar-refractivity contribution in [2.75, 3.05) is 24.9 Å². The molecule has 1 amide bonds. The molecule has 0 saturated heterocycles. The lowest BCUT2D eigenvalue weighted by atomic mass is 10.2. The highest BCUT2D eigenvalue weighted by atomic mass is 16.6. The number of benzene rings is 2. The zero-order valence-electron chi connectivity index (χ0n) is 15.5. The molecular weight excluding hydrogens is 364 g/mol. The van der Waals surface area contributed by atoms with E-state index in [0.717, 1.165) is 5.56 Å². The van der Waals surface area contributed by atoms with Gasteiger partial charge in [0.25, 0.3) is 11.6 Å². The van der Waals surface area contributed by atoms with Crippen LogP contribution in [-0.2, 0) is 4.79 Å². The number of aryl methyl sites for hydroxylation is 1. The first-order valence-corrected chi connectivity index (χ1v) is 8.04. The quantitative estimate of drug-likeness (QED) is 0.325. The Balaban J connectivity index is 2.23. The number of amides is 1. The number of ether oxygens (including phenoxy) is 2. The normalized spacial score (nSPS) is 10.6. The minimum absolute atomic E-state index is 0.142. The second-order valence-electron chi connectivity index (χ2n) is 5.61. The number of rotatable bonds is 7. The van der Waals surface area contributed by atoms with Crippen molar-refractivity contribution < 1.29 is 19.2 Å². The van der Waals surface area contributed by atoms with Crippen molar-refractivity contribution in [1.29, 1.82) is 5.26 Å². The summed E-state index contributed by atoms with van der Waals surface area (Å²) in [6, 6.07) is 11.0. The first kappa shape index (κ1) is 20.3. The molecule has 0 radical (unpaired) electrons. The van der Waals surface area contributed by atoms with Crippen molar-refractivity contribution in [2.24, 2.45) is 0 Å². The lowest BCUT2D eigenvalue weighted by molar-refractivity contribution is -0.384. The topological polar surface area (TPSA) is 127 Å². The standard InChI is InChI=1S/C19H18N4O5/c1-12-4-7-17(27-2)16(8-12)22-19(24)13(10-20)11-21-15-6-5-14(23(25)26)9-18(15)28-3/h4-9,11,21H,1-3H3,(H,22,24)/b13-11-. The van der Waals surface area contributed by atoms with E-state index in [1.165, 1.54) is 38.6 Å². The molecule has 0 aliphatic carbocycles. The molecule has 0 spiro atoms. The van der Waals surface area contributed by atoms with Gasteiger partial charge in [-0.15, -0.1) is 0 Å². The SMILES string of the molecule is COc1cc([N+](=O)[O-])ccc1N/C=C(/C#N)C(=O)Nc1cc(C)ccc1OC. The predicted octanol–water partition coefficient (Wildman–Crippen LogP) is 3.38. The Morgan fingerprint density at radius 2 is 1.86 bits per heavy atom. The van der Waals surface area contributed by atoms with E-state index in [-0.39, 0.29) is 17.0 Å². The Hall–Kier alpha value is -4.06. The molecule has 9 heteroatoms. The van der Waals surface area contributed by atoms with Gasteiger partial charge in [0.15, 0.2) is 0 Å². The van der Waals surface area contributed by atoms with Gasteiger partial charge in [-0.05, 0) is 30.7 Å². The highest BCUT2D eigenvalue weighted by Crippen LogP contribution is 2.29. The third-order valence-electron chi connectivity index (χ3n) is 3.74. The van der Waals surface area contributed by atoms with Crippen molar-refractivity contribution in [3.05, 3.63) is 63.8 Å². The zero-order valence-corrected chi connectivity index (χ0v) is 15.5. The molecule has 28 heavy (non-hydrogen) atoms. The van der Waals surface area contributed by atoms with E-state index >= 15 is 0 Å². The van der Waals surface area contributed by atoms with Crippen LogP contribution in [0.1, 0.15) is 5.56 Å². The van der Waals surface area contributed by atoms with Gasteiger partial charge in [0.1, 0.15) is 23.1 Å². The largest absolute Gasteiger partial charge is 0.495 e. The highest BCUT2D eigenvalue weighted by Gasteiger charge is 2.14. The van der Waals surface area contributed by atoms with Crippen LogP contribution in [0.25, 0.3) is 0 Å². The average Bonchev–Trinajstić information content (AvgIpc) is 2.68. The number of nitriles is 1. The molecule has 9 nitrogen and oxygen atoms in total. The third kappa shape index (κ3) is 4.76. The van der Waals surface area contributed by atoms with Gasteiger partial charge in [-0.25, -0.2) is 0 Å². The number of carbonyl (C=O) groups is 1. The van der Waals surface area contributed by atoms with Crippen molar-refractivity contribution in [3.8, 4) is 17.6 Å². The van der Waals surface area contributed by atoms with Gasteiger partial charge in [-0.2, -0.15) is 5.26 Å². The van der Waals surface area contributed by atoms with Crippen LogP contribution in [0.4, 0.5) is 17.1 Å². The number of anilines is 2. The fraction of sp³-hybridized carbons (Fsp3) is 0.158. The van der Waals surface area contributed by atoms with Gasteiger partial charge in [0.05, 0.1) is 36.6 Å². The maximum atomic E-state index is 12.4. The summed E-state index contributed by atoms with van der Waals surface area (Å²) in [5, 5.41) is 25.5. The maximum Gasteiger partial charge on any atom is 0.273 e. The molecule has 0 bridgehead atoms. The Labute approximate surface area is 161 Å². The first-order valence-electron chi connectivity index (χ1n) is 8.04. The molecule has 0 unspecified atom stereocenters. The number of non-ortho nitro benzene ring substituents is 1. The van der Waals surface area contributed by atoms with Gasteiger partial charge in [-0.3, -0.25) is 14.9 Å². The lowest BCUT2D eigenvalue weighted by Crippen LogP contribution is -2.15. The van der Waals surface area contributed by atoms with Crippen LogP contribution in [0, 0.1) is 28.4 Å². The number of methoxy groups -OCH3 is 2. The summed E-state index contributed by atoms with van der Waals surface area (Å²) < 4.78 is 10.3. The summed E-state index contributed by atoms with van der Waals surface area (Å²) in [7, 11) is 2.83. The van der Waals surface area contributed by atoms with Gasteiger partial charge in [-0.1, -0.05) is 6.07 Å². The Morgan fingerprint density at radius 3 is 2.46 bits per heavy atom. The van der Waals surface area contributed by atoms with Crippen LogP contribution in [0.2, 0.25) is 0 Å².